The molecule has 0 spiro atoms. The summed E-state index contributed by atoms with van der Waals surface area (Å²) in [5.74, 6) is 0.661. The van der Waals surface area contributed by atoms with Gasteiger partial charge in [0.1, 0.15) is 11.9 Å². The largest absolute Gasteiger partial charge is 0.490 e. The zero-order chi connectivity index (χ0) is 15.2. The second-order valence-electron chi connectivity index (χ2n) is 5.05. The van der Waals surface area contributed by atoms with Gasteiger partial charge in [0, 0.05) is 38.5 Å². The SMILES string of the molecule is C=CC(=O)N1CCC(Oc2ccc(NC(C)=O)cc2)CC1. The molecule has 5 nitrogen and oxygen atoms in total. The van der Waals surface area contributed by atoms with Crippen molar-refractivity contribution in [2.45, 2.75) is 25.9 Å². The third-order valence-corrected chi connectivity index (χ3v) is 3.41. The second kappa shape index (κ2) is 6.92. The minimum atomic E-state index is -0.0945. The average Bonchev–Trinajstić information content (AvgIpc) is 2.49. The van der Waals surface area contributed by atoms with Gasteiger partial charge in [-0.05, 0) is 30.3 Å². The lowest BCUT2D eigenvalue weighted by Crippen LogP contribution is -2.41. The second-order valence-corrected chi connectivity index (χ2v) is 5.05. The maximum atomic E-state index is 11.5. The van der Waals surface area contributed by atoms with Crippen molar-refractivity contribution in [3.63, 3.8) is 0 Å². The summed E-state index contributed by atoms with van der Waals surface area (Å²) in [6, 6.07) is 7.30. The smallest absolute Gasteiger partial charge is 0.245 e. The molecule has 0 saturated carbocycles. The molecule has 5 heteroatoms. The average molecular weight is 288 g/mol. The van der Waals surface area contributed by atoms with Crippen LogP contribution >= 0.6 is 0 Å². The summed E-state index contributed by atoms with van der Waals surface area (Å²) in [6.07, 6.45) is 3.09. The molecule has 0 radical (unpaired) electrons. The van der Waals surface area contributed by atoms with E-state index in [1.165, 1.54) is 13.0 Å². The molecule has 0 aliphatic carbocycles. The van der Waals surface area contributed by atoms with E-state index in [0.717, 1.165) is 24.3 Å². The number of likely N-dealkylation sites (tertiary alicyclic amines) is 1. The topological polar surface area (TPSA) is 58.6 Å². The molecular weight excluding hydrogens is 268 g/mol. The summed E-state index contributed by atoms with van der Waals surface area (Å²) >= 11 is 0. The summed E-state index contributed by atoms with van der Waals surface area (Å²) in [6.45, 7) is 6.36. The minimum Gasteiger partial charge on any atom is -0.490 e. The van der Waals surface area contributed by atoms with Gasteiger partial charge in [-0.3, -0.25) is 9.59 Å². The maximum absolute atomic E-state index is 11.5. The van der Waals surface area contributed by atoms with Gasteiger partial charge in [0.05, 0.1) is 0 Å². The van der Waals surface area contributed by atoms with Crippen LogP contribution in [0.5, 0.6) is 5.75 Å². The van der Waals surface area contributed by atoms with Crippen LogP contribution in [0.3, 0.4) is 0 Å². The Balaban J connectivity index is 1.84. The Morgan fingerprint density at radius 3 is 2.43 bits per heavy atom. The summed E-state index contributed by atoms with van der Waals surface area (Å²) in [4.78, 5) is 24.2. The van der Waals surface area contributed by atoms with E-state index in [4.69, 9.17) is 4.74 Å². The molecule has 21 heavy (non-hydrogen) atoms. The van der Waals surface area contributed by atoms with Gasteiger partial charge in [-0.1, -0.05) is 6.58 Å². The standard InChI is InChI=1S/C16H20N2O3/c1-3-16(20)18-10-8-15(9-11-18)21-14-6-4-13(5-7-14)17-12(2)19/h3-7,15H,1,8-11H2,2H3,(H,17,19). The van der Waals surface area contributed by atoms with Crippen molar-refractivity contribution >= 4 is 17.5 Å². The van der Waals surface area contributed by atoms with Crippen LogP contribution in [0.1, 0.15) is 19.8 Å². The molecule has 1 heterocycles. The van der Waals surface area contributed by atoms with Crippen molar-refractivity contribution in [1.82, 2.24) is 4.90 Å². The molecule has 112 valence electrons. The van der Waals surface area contributed by atoms with Gasteiger partial charge in [-0.2, -0.15) is 0 Å². The molecule has 1 aromatic carbocycles. The molecule has 1 N–H and O–H groups in total. The number of nitrogens with one attached hydrogen (secondary N) is 1. The molecular formula is C16H20N2O3. The predicted molar refractivity (Wildman–Crippen MR) is 81.2 cm³/mol. The van der Waals surface area contributed by atoms with Gasteiger partial charge in [0.25, 0.3) is 0 Å². The number of anilines is 1. The third kappa shape index (κ3) is 4.34. The van der Waals surface area contributed by atoms with Crippen molar-refractivity contribution in [2.24, 2.45) is 0 Å². The zero-order valence-corrected chi connectivity index (χ0v) is 12.2. The predicted octanol–water partition coefficient (Wildman–Crippen LogP) is 2.20. The number of hydrogen-bond donors (Lipinski definition) is 1. The first-order valence-electron chi connectivity index (χ1n) is 7.04. The van der Waals surface area contributed by atoms with Gasteiger partial charge in [-0.15, -0.1) is 0 Å². The van der Waals surface area contributed by atoms with Crippen LogP contribution in [-0.2, 0) is 9.59 Å². The van der Waals surface area contributed by atoms with Crippen molar-refractivity contribution < 1.29 is 14.3 Å². The van der Waals surface area contributed by atoms with E-state index in [9.17, 15) is 9.59 Å². The molecule has 1 aromatic rings. The Morgan fingerprint density at radius 2 is 1.90 bits per heavy atom. The Hall–Kier alpha value is -2.30. The third-order valence-electron chi connectivity index (χ3n) is 3.41. The molecule has 2 rings (SSSR count). The molecule has 1 saturated heterocycles. The van der Waals surface area contributed by atoms with Crippen molar-refractivity contribution in [2.75, 3.05) is 18.4 Å². The van der Waals surface area contributed by atoms with Crippen LogP contribution in [0.25, 0.3) is 0 Å². The molecule has 1 aliphatic heterocycles. The van der Waals surface area contributed by atoms with Crippen molar-refractivity contribution in [1.29, 1.82) is 0 Å². The van der Waals surface area contributed by atoms with Gasteiger partial charge >= 0.3 is 0 Å². The van der Waals surface area contributed by atoms with E-state index in [-0.39, 0.29) is 17.9 Å². The quantitative estimate of drug-likeness (QED) is 0.864. The number of piperidine rings is 1. The molecule has 0 unspecified atom stereocenters. The highest BCUT2D eigenvalue weighted by atomic mass is 16.5. The Kier molecular flexibility index (Phi) is 4.98. The lowest BCUT2D eigenvalue weighted by Gasteiger charge is -2.31. The van der Waals surface area contributed by atoms with Crippen LogP contribution in [-0.4, -0.2) is 35.9 Å². The van der Waals surface area contributed by atoms with E-state index in [0.29, 0.717) is 13.1 Å². The maximum Gasteiger partial charge on any atom is 0.245 e. The zero-order valence-electron chi connectivity index (χ0n) is 12.2. The Bertz CT molecular complexity index is 517. The summed E-state index contributed by atoms with van der Waals surface area (Å²) in [5.41, 5.74) is 0.751. The van der Waals surface area contributed by atoms with Gasteiger partial charge < -0.3 is 15.0 Å². The van der Waals surface area contributed by atoms with Crippen LogP contribution in [0.2, 0.25) is 0 Å². The van der Waals surface area contributed by atoms with Crippen LogP contribution in [0.4, 0.5) is 5.69 Å². The number of amides is 2. The number of rotatable bonds is 4. The lowest BCUT2D eigenvalue weighted by molar-refractivity contribution is -0.127. The summed E-state index contributed by atoms with van der Waals surface area (Å²) < 4.78 is 5.90. The van der Waals surface area contributed by atoms with Crippen LogP contribution < -0.4 is 10.1 Å². The van der Waals surface area contributed by atoms with Crippen LogP contribution in [0.15, 0.2) is 36.9 Å². The number of ether oxygens (including phenoxy) is 1. The first-order chi connectivity index (χ1) is 10.1. The van der Waals surface area contributed by atoms with Crippen LogP contribution in [0, 0.1) is 0 Å². The summed E-state index contributed by atoms with van der Waals surface area (Å²) in [7, 11) is 0. The lowest BCUT2D eigenvalue weighted by atomic mass is 10.1. The van der Waals surface area contributed by atoms with Gasteiger partial charge in [-0.25, -0.2) is 0 Å². The summed E-state index contributed by atoms with van der Waals surface area (Å²) in [5, 5.41) is 2.71. The minimum absolute atomic E-state index is 0.0203. The van der Waals surface area contributed by atoms with Crippen molar-refractivity contribution in [3.05, 3.63) is 36.9 Å². The molecule has 1 fully saturated rings. The number of hydrogen-bond acceptors (Lipinski definition) is 3. The van der Waals surface area contributed by atoms with E-state index in [1.54, 1.807) is 4.90 Å². The first-order valence-corrected chi connectivity index (χ1v) is 7.04. The molecule has 1 aliphatic rings. The Morgan fingerprint density at radius 1 is 1.29 bits per heavy atom. The highest BCUT2D eigenvalue weighted by Gasteiger charge is 2.22. The highest BCUT2D eigenvalue weighted by Crippen LogP contribution is 2.21. The molecule has 0 bridgehead atoms. The molecule has 2 amide bonds. The van der Waals surface area contributed by atoms with Gasteiger partial charge in [0.2, 0.25) is 11.8 Å². The first kappa shape index (κ1) is 15.1. The Labute approximate surface area is 124 Å². The van der Waals surface area contributed by atoms with E-state index in [1.807, 2.05) is 24.3 Å². The number of benzene rings is 1. The van der Waals surface area contributed by atoms with Crippen molar-refractivity contribution in [3.8, 4) is 5.75 Å². The fourth-order valence-electron chi connectivity index (χ4n) is 2.34. The highest BCUT2D eigenvalue weighted by molar-refractivity contribution is 5.88. The van der Waals surface area contributed by atoms with Gasteiger partial charge in [0.15, 0.2) is 0 Å². The monoisotopic (exact) mass is 288 g/mol. The molecule has 0 aromatic heterocycles. The fraction of sp³-hybridized carbons (Fsp3) is 0.375. The fourth-order valence-corrected chi connectivity index (χ4v) is 2.34. The number of carbonyl (C=O) groups is 2. The number of nitrogens with zero attached hydrogens (tertiary/aromatic N) is 1. The number of carbonyl (C=O) groups excluding carboxylic acids is 2. The van der Waals surface area contributed by atoms with E-state index in [2.05, 4.69) is 11.9 Å². The van der Waals surface area contributed by atoms with E-state index >= 15 is 0 Å². The van der Waals surface area contributed by atoms with E-state index < -0.39 is 0 Å². The normalized spacial score (nSPS) is 15.4. The molecule has 0 atom stereocenters.